The summed E-state index contributed by atoms with van der Waals surface area (Å²) >= 11 is 0. The Bertz CT molecular complexity index is 746. The molecule has 180 valence electrons. The van der Waals surface area contributed by atoms with Crippen LogP contribution in [0.1, 0.15) is 88.1 Å². The summed E-state index contributed by atoms with van der Waals surface area (Å²) in [5.41, 5.74) is -1.52. The van der Waals surface area contributed by atoms with Crippen LogP contribution < -0.4 is 5.32 Å². The smallest absolute Gasteiger partial charge is 0.417 e. The monoisotopic (exact) mass is 456 g/mol. The van der Waals surface area contributed by atoms with E-state index in [9.17, 15) is 22.8 Å². The van der Waals surface area contributed by atoms with Gasteiger partial charge in [0.25, 0.3) is 5.91 Å². The van der Waals surface area contributed by atoms with Crippen molar-refractivity contribution in [2.24, 2.45) is 0 Å². The number of halogens is 3. The van der Waals surface area contributed by atoms with Crippen LogP contribution in [0, 0.1) is 0 Å². The van der Waals surface area contributed by atoms with Gasteiger partial charge < -0.3 is 15.0 Å². The van der Waals surface area contributed by atoms with Crippen molar-refractivity contribution in [3.63, 3.8) is 0 Å². The zero-order chi connectivity index (χ0) is 23.8. The van der Waals surface area contributed by atoms with Gasteiger partial charge in [-0.05, 0) is 58.6 Å². The average molecular weight is 457 g/mol. The van der Waals surface area contributed by atoms with Crippen LogP contribution in [0.25, 0.3) is 0 Å². The van der Waals surface area contributed by atoms with Crippen molar-refractivity contribution >= 4 is 12.0 Å². The fourth-order valence-electron chi connectivity index (χ4n) is 3.84. The van der Waals surface area contributed by atoms with Crippen molar-refractivity contribution in [2.75, 3.05) is 13.1 Å². The number of likely N-dealkylation sites (tertiary alicyclic amines) is 1. The van der Waals surface area contributed by atoms with Gasteiger partial charge in [0.05, 0.1) is 11.1 Å². The number of carbonyl (C=O) groups is 2. The van der Waals surface area contributed by atoms with E-state index in [2.05, 4.69) is 5.32 Å². The molecule has 0 spiro atoms. The SMILES string of the molecule is CC(C)(C)OC(=O)N1CCCC1.O=C(NC1CCCCCC1)c1ccccc1C(F)(F)F. The number of carbonyl (C=O) groups excluding carboxylic acids is 2. The molecule has 5 nitrogen and oxygen atoms in total. The maximum absolute atomic E-state index is 12.9. The van der Waals surface area contributed by atoms with Gasteiger partial charge in [-0.1, -0.05) is 37.8 Å². The normalized spacial score (nSPS) is 17.8. The summed E-state index contributed by atoms with van der Waals surface area (Å²) < 4.78 is 43.8. The molecule has 1 aromatic rings. The Morgan fingerprint density at radius 3 is 2.03 bits per heavy atom. The van der Waals surface area contributed by atoms with Crippen LogP contribution in [0.2, 0.25) is 0 Å². The molecule has 1 saturated heterocycles. The van der Waals surface area contributed by atoms with Gasteiger partial charge in [-0.15, -0.1) is 0 Å². The van der Waals surface area contributed by atoms with Crippen molar-refractivity contribution in [1.29, 1.82) is 0 Å². The molecular formula is C24H35F3N2O3. The number of nitrogens with zero attached hydrogens (tertiary/aromatic N) is 1. The maximum atomic E-state index is 12.9. The van der Waals surface area contributed by atoms with Crippen LogP contribution in [0.5, 0.6) is 0 Å². The highest BCUT2D eigenvalue weighted by molar-refractivity contribution is 5.96. The minimum atomic E-state index is -4.50. The standard InChI is InChI=1S/C15H18F3NO.C9H17NO2/c16-15(17,18)13-10-6-5-9-12(13)14(20)19-11-7-3-1-2-4-8-11;1-9(2,3)12-8(11)10-6-4-5-7-10/h5-6,9-11H,1-4,7-8H2,(H,19,20);4-7H2,1-3H3. The number of nitrogens with one attached hydrogen (secondary N) is 1. The highest BCUT2D eigenvalue weighted by Crippen LogP contribution is 2.32. The molecule has 0 atom stereocenters. The van der Waals surface area contributed by atoms with E-state index >= 15 is 0 Å². The molecule has 1 N–H and O–H groups in total. The third kappa shape index (κ3) is 8.71. The van der Waals surface area contributed by atoms with Crippen LogP contribution in [-0.2, 0) is 10.9 Å². The molecule has 0 unspecified atom stereocenters. The summed E-state index contributed by atoms with van der Waals surface area (Å²) in [6, 6.07) is 4.92. The molecule has 0 aromatic heterocycles. The van der Waals surface area contributed by atoms with E-state index in [1.165, 1.54) is 18.2 Å². The predicted octanol–water partition coefficient (Wildman–Crippen LogP) is 6.18. The van der Waals surface area contributed by atoms with E-state index in [0.717, 1.165) is 70.5 Å². The molecule has 0 radical (unpaired) electrons. The Balaban J connectivity index is 0.000000258. The lowest BCUT2D eigenvalue weighted by molar-refractivity contribution is -0.137. The number of ether oxygens (including phenoxy) is 1. The molecule has 1 aliphatic heterocycles. The number of hydrogen-bond acceptors (Lipinski definition) is 3. The van der Waals surface area contributed by atoms with E-state index in [0.29, 0.717) is 0 Å². The minimum Gasteiger partial charge on any atom is -0.444 e. The Labute approximate surface area is 188 Å². The molecule has 3 rings (SSSR count). The zero-order valence-corrected chi connectivity index (χ0v) is 19.3. The van der Waals surface area contributed by atoms with Gasteiger partial charge in [-0.3, -0.25) is 4.79 Å². The van der Waals surface area contributed by atoms with E-state index < -0.39 is 17.6 Å². The largest absolute Gasteiger partial charge is 0.444 e. The van der Waals surface area contributed by atoms with Crippen molar-refractivity contribution in [3.8, 4) is 0 Å². The average Bonchev–Trinajstić information content (AvgIpc) is 3.13. The van der Waals surface area contributed by atoms with E-state index in [1.807, 2.05) is 20.8 Å². The summed E-state index contributed by atoms with van der Waals surface area (Å²) in [4.78, 5) is 25.2. The third-order valence-corrected chi connectivity index (χ3v) is 5.43. The lowest BCUT2D eigenvalue weighted by Gasteiger charge is -2.23. The fourth-order valence-corrected chi connectivity index (χ4v) is 3.84. The highest BCUT2D eigenvalue weighted by atomic mass is 19.4. The van der Waals surface area contributed by atoms with Gasteiger partial charge >= 0.3 is 12.3 Å². The summed E-state index contributed by atoms with van der Waals surface area (Å²) in [5.74, 6) is -0.621. The van der Waals surface area contributed by atoms with Gasteiger partial charge in [0.1, 0.15) is 5.60 Å². The molecule has 1 aromatic carbocycles. The summed E-state index contributed by atoms with van der Waals surface area (Å²) in [6.07, 6.45) is 3.55. The topological polar surface area (TPSA) is 58.6 Å². The Morgan fingerprint density at radius 1 is 0.938 bits per heavy atom. The lowest BCUT2D eigenvalue weighted by atomic mass is 10.0. The zero-order valence-electron chi connectivity index (χ0n) is 19.3. The molecule has 1 heterocycles. The number of amides is 2. The first-order valence-electron chi connectivity index (χ1n) is 11.4. The van der Waals surface area contributed by atoms with Gasteiger partial charge in [-0.2, -0.15) is 13.2 Å². The maximum Gasteiger partial charge on any atom is 0.417 e. The quantitative estimate of drug-likeness (QED) is 0.541. The highest BCUT2D eigenvalue weighted by Gasteiger charge is 2.35. The van der Waals surface area contributed by atoms with E-state index in [-0.39, 0.29) is 23.3 Å². The van der Waals surface area contributed by atoms with Crippen LogP contribution in [0.3, 0.4) is 0 Å². The number of rotatable bonds is 2. The second-order valence-corrected chi connectivity index (χ2v) is 9.38. The molecule has 1 aliphatic carbocycles. The van der Waals surface area contributed by atoms with Gasteiger partial charge in [0, 0.05) is 19.1 Å². The van der Waals surface area contributed by atoms with Crippen LogP contribution in [0.15, 0.2) is 24.3 Å². The lowest BCUT2D eigenvalue weighted by Crippen LogP contribution is -2.35. The number of alkyl halides is 3. The molecule has 1 saturated carbocycles. The molecule has 8 heteroatoms. The van der Waals surface area contributed by atoms with Gasteiger partial charge in [0.15, 0.2) is 0 Å². The fraction of sp³-hybridized carbons (Fsp3) is 0.667. The number of benzene rings is 1. The minimum absolute atomic E-state index is 0.00807. The van der Waals surface area contributed by atoms with Crippen LogP contribution >= 0.6 is 0 Å². The van der Waals surface area contributed by atoms with Crippen molar-refractivity contribution in [2.45, 2.75) is 90.0 Å². The van der Waals surface area contributed by atoms with Crippen LogP contribution in [0.4, 0.5) is 18.0 Å². The molecule has 32 heavy (non-hydrogen) atoms. The molecule has 2 aliphatic rings. The molecule has 2 fully saturated rings. The van der Waals surface area contributed by atoms with E-state index in [1.54, 1.807) is 4.90 Å². The first kappa shape index (κ1) is 26.0. The Morgan fingerprint density at radius 2 is 1.50 bits per heavy atom. The molecule has 0 bridgehead atoms. The molecule has 2 amide bonds. The summed E-state index contributed by atoms with van der Waals surface area (Å²) in [7, 11) is 0. The first-order valence-corrected chi connectivity index (χ1v) is 11.4. The summed E-state index contributed by atoms with van der Waals surface area (Å²) in [6.45, 7) is 7.38. The predicted molar refractivity (Wildman–Crippen MR) is 117 cm³/mol. The Kier molecular flexibility index (Phi) is 9.40. The molecular weight excluding hydrogens is 421 g/mol. The summed E-state index contributed by atoms with van der Waals surface area (Å²) in [5, 5.41) is 2.75. The Hall–Kier alpha value is -2.25. The van der Waals surface area contributed by atoms with Crippen LogP contribution in [-0.4, -0.2) is 41.6 Å². The van der Waals surface area contributed by atoms with Crippen molar-refractivity contribution in [1.82, 2.24) is 10.2 Å². The van der Waals surface area contributed by atoms with Gasteiger partial charge in [0.2, 0.25) is 0 Å². The first-order chi connectivity index (χ1) is 15.0. The van der Waals surface area contributed by atoms with Crippen molar-refractivity contribution in [3.05, 3.63) is 35.4 Å². The van der Waals surface area contributed by atoms with Gasteiger partial charge in [-0.25, -0.2) is 4.79 Å². The third-order valence-electron chi connectivity index (χ3n) is 5.43. The second-order valence-electron chi connectivity index (χ2n) is 9.38. The number of hydrogen-bond donors (Lipinski definition) is 1. The van der Waals surface area contributed by atoms with E-state index in [4.69, 9.17) is 4.74 Å². The second kappa shape index (κ2) is 11.6. The van der Waals surface area contributed by atoms with Crippen molar-refractivity contribution < 1.29 is 27.5 Å².